The van der Waals surface area contributed by atoms with Crippen molar-refractivity contribution >= 4 is 0 Å². The fraction of sp³-hybridized carbons (Fsp3) is 0.613. The van der Waals surface area contributed by atoms with Crippen molar-refractivity contribution in [2.24, 2.45) is 22.2 Å². The summed E-state index contributed by atoms with van der Waals surface area (Å²) < 4.78 is 0. The first-order valence-corrected chi connectivity index (χ1v) is 12.9. The van der Waals surface area contributed by atoms with Gasteiger partial charge in [0.1, 0.15) is 11.5 Å². The van der Waals surface area contributed by atoms with Crippen LogP contribution in [0.15, 0.2) is 36.4 Å². The van der Waals surface area contributed by atoms with Gasteiger partial charge in [0.15, 0.2) is 0 Å². The SMILES string of the molecule is Cc1cc(C23CC4(c5ccc(O)c(C)c5)CC(C(C)C)(C2)CC(C(C)(C)C)(C3)C4)ccc1O. The van der Waals surface area contributed by atoms with Gasteiger partial charge in [0.05, 0.1) is 0 Å². The Hall–Kier alpha value is -1.96. The van der Waals surface area contributed by atoms with Crippen molar-refractivity contribution in [1.82, 2.24) is 0 Å². The van der Waals surface area contributed by atoms with Gasteiger partial charge in [-0.25, -0.2) is 0 Å². The zero-order chi connectivity index (χ0) is 24.0. The highest BCUT2D eigenvalue weighted by Crippen LogP contribution is 2.78. The van der Waals surface area contributed by atoms with Gasteiger partial charge in [-0.3, -0.25) is 0 Å². The maximum absolute atomic E-state index is 10.3. The lowest BCUT2D eigenvalue weighted by molar-refractivity contribution is -0.196. The molecule has 2 atom stereocenters. The van der Waals surface area contributed by atoms with Crippen LogP contribution in [0.3, 0.4) is 0 Å². The lowest BCUT2D eigenvalue weighted by atomic mass is 9.29. The molecule has 178 valence electrons. The van der Waals surface area contributed by atoms with Gasteiger partial charge in [0, 0.05) is 0 Å². The molecule has 2 aromatic rings. The number of phenolic OH excluding ortho intramolecular Hbond substituents is 2. The first-order valence-electron chi connectivity index (χ1n) is 12.9. The summed E-state index contributed by atoms with van der Waals surface area (Å²) >= 11 is 0. The van der Waals surface area contributed by atoms with E-state index in [4.69, 9.17) is 0 Å². The first kappa shape index (κ1) is 22.8. The lowest BCUT2D eigenvalue weighted by Gasteiger charge is -2.75. The second kappa shape index (κ2) is 6.80. The Labute approximate surface area is 200 Å². The molecule has 2 nitrogen and oxygen atoms in total. The zero-order valence-electron chi connectivity index (χ0n) is 21.7. The molecule has 0 spiro atoms. The highest BCUT2D eigenvalue weighted by molar-refractivity contribution is 5.46. The summed E-state index contributed by atoms with van der Waals surface area (Å²) in [5, 5.41) is 20.6. The Balaban J connectivity index is 1.78. The van der Waals surface area contributed by atoms with Gasteiger partial charge in [0.25, 0.3) is 0 Å². The van der Waals surface area contributed by atoms with E-state index in [-0.39, 0.29) is 21.7 Å². The van der Waals surface area contributed by atoms with Crippen LogP contribution < -0.4 is 0 Å². The predicted octanol–water partition coefficient (Wildman–Crippen LogP) is 7.95. The Morgan fingerprint density at radius 2 is 1.15 bits per heavy atom. The van der Waals surface area contributed by atoms with Crippen LogP contribution in [0.25, 0.3) is 0 Å². The van der Waals surface area contributed by atoms with E-state index in [9.17, 15) is 10.2 Å². The average Bonchev–Trinajstić information content (AvgIpc) is 2.70. The molecule has 4 saturated carbocycles. The molecule has 0 radical (unpaired) electrons. The molecule has 0 amide bonds. The van der Waals surface area contributed by atoms with Gasteiger partial charge in [-0.1, -0.05) is 58.9 Å². The minimum atomic E-state index is 0.122. The predicted molar refractivity (Wildman–Crippen MR) is 136 cm³/mol. The smallest absolute Gasteiger partial charge is 0.118 e. The molecule has 0 saturated heterocycles. The number of benzene rings is 2. The summed E-state index contributed by atoms with van der Waals surface area (Å²) in [6, 6.07) is 12.8. The van der Waals surface area contributed by atoms with Gasteiger partial charge in [-0.05, 0) is 120 Å². The maximum Gasteiger partial charge on any atom is 0.118 e. The third-order valence-corrected chi connectivity index (χ3v) is 10.5. The Morgan fingerprint density at radius 1 is 0.697 bits per heavy atom. The van der Waals surface area contributed by atoms with Gasteiger partial charge < -0.3 is 10.2 Å². The summed E-state index contributed by atoms with van der Waals surface area (Å²) in [6.45, 7) is 16.4. The van der Waals surface area contributed by atoms with Crippen molar-refractivity contribution in [3.05, 3.63) is 58.7 Å². The van der Waals surface area contributed by atoms with E-state index in [0.29, 0.717) is 22.8 Å². The highest BCUT2D eigenvalue weighted by atomic mass is 16.3. The average molecular weight is 447 g/mol. The van der Waals surface area contributed by atoms with Crippen LogP contribution in [-0.4, -0.2) is 10.2 Å². The van der Waals surface area contributed by atoms with Crippen LogP contribution in [0.1, 0.15) is 95.4 Å². The van der Waals surface area contributed by atoms with E-state index in [1.165, 1.54) is 49.7 Å². The van der Waals surface area contributed by atoms with E-state index in [1.54, 1.807) is 0 Å². The largest absolute Gasteiger partial charge is 0.508 e. The molecule has 4 bridgehead atoms. The van der Waals surface area contributed by atoms with E-state index < -0.39 is 0 Å². The molecular weight excluding hydrogens is 404 g/mol. The van der Waals surface area contributed by atoms with Crippen molar-refractivity contribution in [1.29, 1.82) is 0 Å². The number of rotatable bonds is 3. The van der Waals surface area contributed by atoms with Crippen LogP contribution in [0.5, 0.6) is 11.5 Å². The first-order chi connectivity index (χ1) is 15.3. The van der Waals surface area contributed by atoms with Crippen LogP contribution in [-0.2, 0) is 10.8 Å². The van der Waals surface area contributed by atoms with Crippen LogP contribution in [0.2, 0.25) is 0 Å². The van der Waals surface area contributed by atoms with E-state index in [1.807, 2.05) is 26.0 Å². The van der Waals surface area contributed by atoms with E-state index in [2.05, 4.69) is 58.9 Å². The number of aromatic hydroxyl groups is 2. The van der Waals surface area contributed by atoms with Gasteiger partial charge >= 0.3 is 0 Å². The van der Waals surface area contributed by atoms with E-state index in [0.717, 1.165) is 11.1 Å². The van der Waals surface area contributed by atoms with Crippen molar-refractivity contribution < 1.29 is 10.2 Å². The molecule has 4 aliphatic carbocycles. The van der Waals surface area contributed by atoms with Gasteiger partial charge in [0.2, 0.25) is 0 Å². The lowest BCUT2D eigenvalue weighted by Crippen LogP contribution is -2.68. The molecule has 2 N–H and O–H groups in total. The Kier molecular flexibility index (Phi) is 4.70. The molecular formula is C31H42O2. The molecule has 6 rings (SSSR count). The highest BCUT2D eigenvalue weighted by Gasteiger charge is 2.71. The molecule has 2 aromatic carbocycles. The monoisotopic (exact) mass is 446 g/mol. The summed E-state index contributed by atoms with van der Waals surface area (Å²) in [4.78, 5) is 0. The second-order valence-electron chi connectivity index (χ2n) is 13.7. The van der Waals surface area contributed by atoms with Gasteiger partial charge in [-0.15, -0.1) is 0 Å². The minimum Gasteiger partial charge on any atom is -0.508 e. The molecule has 0 aliphatic heterocycles. The third-order valence-electron chi connectivity index (χ3n) is 10.5. The minimum absolute atomic E-state index is 0.122. The zero-order valence-corrected chi connectivity index (χ0v) is 21.7. The molecule has 0 aromatic heterocycles. The third kappa shape index (κ3) is 3.12. The second-order valence-corrected chi connectivity index (χ2v) is 13.7. The number of phenols is 2. The topological polar surface area (TPSA) is 40.5 Å². The summed E-state index contributed by atoms with van der Waals surface area (Å²) in [5.74, 6) is 1.42. The van der Waals surface area contributed by atoms with Crippen LogP contribution in [0.4, 0.5) is 0 Å². The number of aryl methyl sites for hydroxylation is 2. The Morgan fingerprint density at radius 3 is 1.52 bits per heavy atom. The van der Waals surface area contributed by atoms with Crippen molar-refractivity contribution in [2.45, 2.75) is 97.8 Å². The quantitative estimate of drug-likeness (QED) is 0.502. The number of hydrogen-bond donors (Lipinski definition) is 2. The van der Waals surface area contributed by atoms with E-state index >= 15 is 0 Å². The molecule has 4 fully saturated rings. The van der Waals surface area contributed by atoms with Crippen molar-refractivity contribution in [2.75, 3.05) is 0 Å². The number of hydrogen-bond acceptors (Lipinski definition) is 2. The molecule has 2 heteroatoms. The van der Waals surface area contributed by atoms with Crippen molar-refractivity contribution in [3.8, 4) is 11.5 Å². The summed E-state index contributed by atoms with van der Waals surface area (Å²) in [7, 11) is 0. The maximum atomic E-state index is 10.3. The molecule has 33 heavy (non-hydrogen) atoms. The normalized spacial score (nSPS) is 35.4. The standard InChI is InChI=1S/C31H42O2/c1-20(2)28-14-29(23-8-10-25(32)21(3)12-23)16-30(15-28,24-9-11-26(33)22(4)13-24)19-31(17-28,18-29)27(5,6)7/h8-13,20,32-33H,14-19H2,1-7H3. The summed E-state index contributed by atoms with van der Waals surface area (Å²) in [6.07, 6.45) is 7.46. The molecule has 0 heterocycles. The molecule has 2 unspecified atom stereocenters. The molecule has 4 aliphatic rings. The van der Waals surface area contributed by atoms with Crippen LogP contribution in [0, 0.1) is 36.0 Å². The van der Waals surface area contributed by atoms with Crippen LogP contribution >= 0.6 is 0 Å². The Bertz CT molecular complexity index is 1030. The summed E-state index contributed by atoms with van der Waals surface area (Å²) in [5.41, 5.74) is 5.85. The van der Waals surface area contributed by atoms with Gasteiger partial charge in [-0.2, -0.15) is 0 Å². The fourth-order valence-electron chi connectivity index (χ4n) is 8.71. The van der Waals surface area contributed by atoms with Crippen molar-refractivity contribution in [3.63, 3.8) is 0 Å². The fourth-order valence-corrected chi connectivity index (χ4v) is 8.71.